The van der Waals surface area contributed by atoms with Crippen LogP contribution in [0.1, 0.15) is 32.1 Å². The van der Waals surface area contributed by atoms with Crippen LogP contribution in [0.25, 0.3) is 0 Å². The first-order valence-corrected chi connectivity index (χ1v) is 9.65. The number of carboxylic acid groups (broad SMARTS) is 1. The molecule has 128 valence electrons. The molecule has 0 bridgehead atoms. The Bertz CT molecular complexity index is 634. The van der Waals surface area contributed by atoms with E-state index in [4.69, 9.17) is 0 Å². The van der Waals surface area contributed by atoms with E-state index >= 15 is 0 Å². The van der Waals surface area contributed by atoms with E-state index in [0.717, 1.165) is 6.42 Å². The fourth-order valence-electron chi connectivity index (χ4n) is 3.84. The molecule has 8 heteroatoms. The van der Waals surface area contributed by atoms with E-state index in [1.54, 1.807) is 17.1 Å². The molecule has 23 heavy (non-hydrogen) atoms. The average molecular weight is 342 g/mol. The number of carbonyl (C=O) groups is 2. The van der Waals surface area contributed by atoms with Crippen molar-refractivity contribution < 1.29 is 23.1 Å². The summed E-state index contributed by atoms with van der Waals surface area (Å²) in [7, 11) is -3.22. The molecule has 0 aromatic heterocycles. The molecular weight excluding hydrogens is 320 g/mol. The first-order chi connectivity index (χ1) is 10.9. The van der Waals surface area contributed by atoms with Crippen molar-refractivity contribution in [2.24, 2.45) is 5.41 Å². The molecule has 2 saturated heterocycles. The highest BCUT2D eigenvalue weighted by molar-refractivity contribution is 7.89. The highest BCUT2D eigenvalue weighted by Crippen LogP contribution is 2.37. The normalized spacial score (nSPS) is 29.7. The monoisotopic (exact) mass is 342 g/mol. The summed E-state index contributed by atoms with van der Waals surface area (Å²) in [6.45, 7) is 1.30. The van der Waals surface area contributed by atoms with Crippen molar-refractivity contribution in [2.75, 3.05) is 25.4 Å². The largest absolute Gasteiger partial charge is 0.480 e. The summed E-state index contributed by atoms with van der Waals surface area (Å²) >= 11 is 0. The van der Waals surface area contributed by atoms with Gasteiger partial charge in [0, 0.05) is 25.7 Å². The smallest absolute Gasteiger partial charge is 0.319 e. The van der Waals surface area contributed by atoms with E-state index in [2.05, 4.69) is 0 Å². The zero-order valence-electron chi connectivity index (χ0n) is 13.0. The molecule has 2 aliphatic heterocycles. The molecule has 2 heterocycles. The molecule has 1 aliphatic carbocycles. The number of likely N-dealkylation sites (tertiary alicyclic amines) is 1. The molecule has 0 saturated carbocycles. The van der Waals surface area contributed by atoms with Gasteiger partial charge in [-0.05, 0) is 32.1 Å². The van der Waals surface area contributed by atoms with Crippen LogP contribution in [0.15, 0.2) is 12.2 Å². The molecule has 0 aromatic rings. The number of hydrogen-bond acceptors (Lipinski definition) is 4. The van der Waals surface area contributed by atoms with Crippen molar-refractivity contribution in [1.29, 1.82) is 0 Å². The van der Waals surface area contributed by atoms with Crippen molar-refractivity contribution >= 4 is 21.9 Å². The predicted molar refractivity (Wildman–Crippen MR) is 83.2 cm³/mol. The Morgan fingerprint density at radius 1 is 1.13 bits per heavy atom. The predicted octanol–water partition coefficient (Wildman–Crippen LogP) is 0.434. The van der Waals surface area contributed by atoms with Crippen LogP contribution in [0, 0.1) is 5.41 Å². The summed E-state index contributed by atoms with van der Waals surface area (Å²) in [5.74, 6) is -1.31. The van der Waals surface area contributed by atoms with Gasteiger partial charge in [-0.25, -0.2) is 8.42 Å². The zero-order valence-corrected chi connectivity index (χ0v) is 13.8. The number of nitrogens with zero attached hydrogens (tertiary/aromatic N) is 2. The van der Waals surface area contributed by atoms with Gasteiger partial charge in [0.2, 0.25) is 15.9 Å². The standard InChI is InChI=1S/C15H22N2O5S/c18-13(15(14(19)20)6-1-2-7-15)16-8-3-5-12(11-16)17-9-4-10-23(17,21)22/h1-2,12H,3-11H2,(H,19,20). The number of amides is 1. The maximum atomic E-state index is 12.8. The molecular formula is C15H22N2O5S. The Morgan fingerprint density at radius 3 is 2.39 bits per heavy atom. The van der Waals surface area contributed by atoms with Crippen LogP contribution in [-0.2, 0) is 19.6 Å². The number of sulfonamides is 1. The van der Waals surface area contributed by atoms with Gasteiger partial charge in [-0.3, -0.25) is 9.59 Å². The second-order valence-electron chi connectivity index (χ2n) is 6.59. The molecule has 1 atom stereocenters. The van der Waals surface area contributed by atoms with Crippen LogP contribution in [0.5, 0.6) is 0 Å². The van der Waals surface area contributed by atoms with Gasteiger partial charge < -0.3 is 10.0 Å². The molecule has 1 unspecified atom stereocenters. The molecule has 1 amide bonds. The average Bonchev–Trinajstić information content (AvgIpc) is 3.13. The van der Waals surface area contributed by atoms with Crippen molar-refractivity contribution in [3.05, 3.63) is 12.2 Å². The van der Waals surface area contributed by atoms with Gasteiger partial charge in [-0.2, -0.15) is 4.31 Å². The number of aliphatic carboxylic acids is 1. The molecule has 2 fully saturated rings. The van der Waals surface area contributed by atoms with Crippen LogP contribution in [0.3, 0.4) is 0 Å². The highest BCUT2D eigenvalue weighted by atomic mass is 32.2. The SMILES string of the molecule is O=C(O)C1(C(=O)N2CCCC(N3CCCS3(=O)=O)C2)CC=CC1. The molecule has 7 nitrogen and oxygen atoms in total. The Hall–Kier alpha value is -1.41. The maximum Gasteiger partial charge on any atom is 0.319 e. The number of carbonyl (C=O) groups excluding carboxylic acids is 1. The van der Waals surface area contributed by atoms with E-state index in [0.29, 0.717) is 32.5 Å². The zero-order chi connectivity index (χ0) is 16.7. The fourth-order valence-corrected chi connectivity index (χ4v) is 5.60. The maximum absolute atomic E-state index is 12.8. The highest BCUT2D eigenvalue weighted by Gasteiger charge is 2.49. The third-order valence-corrected chi connectivity index (χ3v) is 7.15. The Labute approximate surface area is 136 Å². The number of rotatable bonds is 3. The molecule has 0 aromatic carbocycles. The molecule has 0 radical (unpaired) electrons. The Morgan fingerprint density at radius 2 is 1.83 bits per heavy atom. The van der Waals surface area contributed by atoms with E-state index in [1.165, 1.54) is 4.31 Å². The second-order valence-corrected chi connectivity index (χ2v) is 8.64. The van der Waals surface area contributed by atoms with Gasteiger partial charge in [-0.1, -0.05) is 12.2 Å². The molecule has 3 rings (SSSR count). The van der Waals surface area contributed by atoms with E-state index in [-0.39, 0.29) is 30.5 Å². The van der Waals surface area contributed by atoms with Gasteiger partial charge >= 0.3 is 5.97 Å². The quantitative estimate of drug-likeness (QED) is 0.593. The van der Waals surface area contributed by atoms with Gasteiger partial charge in [0.15, 0.2) is 5.41 Å². The van der Waals surface area contributed by atoms with Crippen LogP contribution in [-0.4, -0.2) is 66.0 Å². The second kappa shape index (κ2) is 5.90. The summed E-state index contributed by atoms with van der Waals surface area (Å²) in [6.07, 6.45) is 5.94. The lowest BCUT2D eigenvalue weighted by Gasteiger charge is -2.39. The number of hydrogen-bond donors (Lipinski definition) is 1. The lowest BCUT2D eigenvalue weighted by atomic mass is 9.83. The lowest BCUT2D eigenvalue weighted by Crippen LogP contribution is -2.55. The van der Waals surface area contributed by atoms with Crippen molar-refractivity contribution in [3.63, 3.8) is 0 Å². The summed E-state index contributed by atoms with van der Waals surface area (Å²) in [5.41, 5.74) is -1.40. The van der Waals surface area contributed by atoms with E-state index in [1.807, 2.05) is 0 Å². The minimum Gasteiger partial charge on any atom is -0.480 e. The minimum atomic E-state index is -3.22. The van der Waals surface area contributed by atoms with Crippen LogP contribution >= 0.6 is 0 Å². The molecule has 0 spiro atoms. The summed E-state index contributed by atoms with van der Waals surface area (Å²) in [6, 6.07) is -0.222. The van der Waals surface area contributed by atoms with E-state index < -0.39 is 21.4 Å². The van der Waals surface area contributed by atoms with Crippen molar-refractivity contribution in [2.45, 2.75) is 38.1 Å². The fraction of sp³-hybridized carbons (Fsp3) is 0.733. The number of piperidine rings is 1. The van der Waals surface area contributed by atoms with E-state index in [9.17, 15) is 23.1 Å². The lowest BCUT2D eigenvalue weighted by molar-refractivity contribution is -0.161. The number of allylic oxidation sites excluding steroid dienone is 2. The Kier molecular flexibility index (Phi) is 4.22. The molecule has 3 aliphatic rings. The van der Waals surface area contributed by atoms with Crippen LogP contribution in [0.2, 0.25) is 0 Å². The third-order valence-electron chi connectivity index (χ3n) is 5.15. The van der Waals surface area contributed by atoms with Crippen molar-refractivity contribution in [1.82, 2.24) is 9.21 Å². The third kappa shape index (κ3) is 2.78. The van der Waals surface area contributed by atoms with Gasteiger partial charge in [-0.15, -0.1) is 0 Å². The molecule has 1 N–H and O–H groups in total. The summed E-state index contributed by atoms with van der Waals surface area (Å²) < 4.78 is 25.7. The first-order valence-electron chi connectivity index (χ1n) is 8.04. The minimum absolute atomic E-state index is 0.167. The van der Waals surface area contributed by atoms with Crippen LogP contribution < -0.4 is 0 Å². The van der Waals surface area contributed by atoms with Crippen LogP contribution in [0.4, 0.5) is 0 Å². The number of carboxylic acids is 1. The first kappa shape index (κ1) is 16.4. The summed E-state index contributed by atoms with van der Waals surface area (Å²) in [4.78, 5) is 26.0. The Balaban J connectivity index is 1.76. The van der Waals surface area contributed by atoms with Gasteiger partial charge in [0.25, 0.3) is 0 Å². The van der Waals surface area contributed by atoms with Gasteiger partial charge in [0.05, 0.1) is 5.75 Å². The van der Waals surface area contributed by atoms with Crippen molar-refractivity contribution in [3.8, 4) is 0 Å². The van der Waals surface area contributed by atoms with Gasteiger partial charge in [0.1, 0.15) is 0 Å². The topological polar surface area (TPSA) is 95.0 Å². The summed E-state index contributed by atoms with van der Waals surface area (Å²) in [5, 5.41) is 9.53.